The van der Waals surface area contributed by atoms with Crippen molar-refractivity contribution in [3.05, 3.63) is 71.4 Å². The van der Waals surface area contributed by atoms with Crippen LogP contribution in [0.3, 0.4) is 0 Å². The summed E-state index contributed by atoms with van der Waals surface area (Å²) in [7, 11) is 0. The first-order valence-corrected chi connectivity index (χ1v) is 11.9. The second-order valence-corrected chi connectivity index (χ2v) is 9.58. The molecule has 1 atom stereocenters. The Morgan fingerprint density at radius 1 is 1.00 bits per heavy atom. The molecular weight excluding hydrogens is 485 g/mol. The van der Waals surface area contributed by atoms with Crippen molar-refractivity contribution in [2.45, 2.75) is 23.5 Å². The average molecular weight is 507 g/mol. The van der Waals surface area contributed by atoms with Crippen LogP contribution >= 0.6 is 23.4 Å². The molecular formula is C24H22ClF3N4OS. The van der Waals surface area contributed by atoms with Crippen molar-refractivity contribution in [1.82, 2.24) is 14.9 Å². The first-order chi connectivity index (χ1) is 16.2. The Kier molecular flexibility index (Phi) is 7.33. The minimum atomic E-state index is -4.62. The Bertz CT molecular complexity index is 1150. The van der Waals surface area contributed by atoms with Crippen LogP contribution in [-0.4, -0.2) is 52.2 Å². The van der Waals surface area contributed by atoms with E-state index in [4.69, 9.17) is 11.6 Å². The van der Waals surface area contributed by atoms with Crippen molar-refractivity contribution >= 4 is 35.0 Å². The monoisotopic (exact) mass is 506 g/mol. The molecule has 0 bridgehead atoms. The van der Waals surface area contributed by atoms with Gasteiger partial charge in [-0.05, 0) is 31.2 Å². The number of carbonyl (C=O) groups is 1. The van der Waals surface area contributed by atoms with Crippen LogP contribution < -0.4 is 4.90 Å². The lowest BCUT2D eigenvalue weighted by Crippen LogP contribution is -2.50. The molecule has 1 aromatic heterocycles. The topological polar surface area (TPSA) is 49.3 Å². The van der Waals surface area contributed by atoms with Crippen LogP contribution in [0.4, 0.5) is 18.9 Å². The summed E-state index contributed by atoms with van der Waals surface area (Å²) in [5, 5.41) is -0.0612. The molecule has 1 fully saturated rings. The highest BCUT2D eigenvalue weighted by molar-refractivity contribution is 8.00. The summed E-state index contributed by atoms with van der Waals surface area (Å²) < 4.78 is 40.4. The van der Waals surface area contributed by atoms with Gasteiger partial charge in [0.15, 0.2) is 5.16 Å². The van der Waals surface area contributed by atoms with Gasteiger partial charge in [-0.15, -0.1) is 0 Å². The number of alkyl halides is 3. The standard InChI is InChI=1S/C24H22ClF3N4OS/c1-16(22(33)32-12-10-31(11-13-32)19-9-5-8-18(25)14-19)34-23-29-20(17-6-3-2-4-7-17)15-21(30-23)24(26,27)28/h2-9,14-16H,10-13H2,1H3/t16-/m1/s1. The average Bonchev–Trinajstić information content (AvgIpc) is 2.83. The molecule has 0 spiro atoms. The third-order valence-corrected chi connectivity index (χ3v) is 6.64. The molecule has 5 nitrogen and oxygen atoms in total. The van der Waals surface area contributed by atoms with E-state index < -0.39 is 17.1 Å². The van der Waals surface area contributed by atoms with Gasteiger partial charge in [-0.25, -0.2) is 9.97 Å². The second-order valence-electron chi connectivity index (χ2n) is 7.84. The van der Waals surface area contributed by atoms with E-state index in [1.54, 1.807) is 42.2 Å². The predicted octanol–water partition coefficient (Wildman–Crippen LogP) is 5.65. The molecule has 0 aliphatic carbocycles. The summed E-state index contributed by atoms with van der Waals surface area (Å²) in [6.45, 7) is 3.97. The summed E-state index contributed by atoms with van der Waals surface area (Å²) in [5.74, 6) is -0.155. The minimum Gasteiger partial charge on any atom is -0.368 e. The Morgan fingerprint density at radius 2 is 1.71 bits per heavy atom. The van der Waals surface area contributed by atoms with E-state index in [0.717, 1.165) is 23.5 Å². The number of anilines is 1. The number of carbonyl (C=O) groups excluding carboxylic acids is 1. The number of benzene rings is 2. The fraction of sp³-hybridized carbons (Fsp3) is 0.292. The normalized spacial score (nSPS) is 15.3. The van der Waals surface area contributed by atoms with Crippen LogP contribution in [0, 0.1) is 0 Å². The first-order valence-electron chi connectivity index (χ1n) is 10.7. The number of piperazine rings is 1. The van der Waals surface area contributed by atoms with E-state index >= 15 is 0 Å². The molecule has 34 heavy (non-hydrogen) atoms. The number of amides is 1. The summed E-state index contributed by atoms with van der Waals surface area (Å²) >= 11 is 7.01. The van der Waals surface area contributed by atoms with Crippen molar-refractivity contribution < 1.29 is 18.0 Å². The molecule has 0 radical (unpaired) electrons. The molecule has 1 saturated heterocycles. The third-order valence-electron chi connectivity index (χ3n) is 5.46. The summed E-state index contributed by atoms with van der Waals surface area (Å²) in [5.41, 5.74) is 0.681. The Morgan fingerprint density at radius 3 is 2.35 bits per heavy atom. The quantitative estimate of drug-likeness (QED) is 0.331. The van der Waals surface area contributed by atoms with Crippen LogP contribution in [-0.2, 0) is 11.0 Å². The molecule has 1 aliphatic rings. The lowest BCUT2D eigenvalue weighted by atomic mass is 10.1. The van der Waals surface area contributed by atoms with Crippen molar-refractivity contribution in [2.75, 3.05) is 31.1 Å². The number of thioether (sulfide) groups is 1. The number of rotatable bonds is 5. The number of hydrogen-bond donors (Lipinski definition) is 0. The molecule has 2 heterocycles. The number of hydrogen-bond acceptors (Lipinski definition) is 5. The molecule has 0 unspecified atom stereocenters. The van der Waals surface area contributed by atoms with Crippen LogP contribution in [0.5, 0.6) is 0 Å². The number of aromatic nitrogens is 2. The molecule has 0 saturated carbocycles. The minimum absolute atomic E-state index is 0.0768. The van der Waals surface area contributed by atoms with Gasteiger partial charge in [-0.3, -0.25) is 4.79 Å². The van der Waals surface area contributed by atoms with Gasteiger partial charge in [0.2, 0.25) is 5.91 Å². The highest BCUT2D eigenvalue weighted by atomic mass is 35.5. The fourth-order valence-corrected chi connectivity index (χ4v) is 4.76. The van der Waals surface area contributed by atoms with Crippen molar-refractivity contribution in [3.8, 4) is 11.3 Å². The molecule has 10 heteroatoms. The van der Waals surface area contributed by atoms with E-state index in [-0.39, 0.29) is 16.8 Å². The highest BCUT2D eigenvalue weighted by Gasteiger charge is 2.34. The third kappa shape index (κ3) is 5.82. The Hall–Kier alpha value is -2.78. The zero-order valence-electron chi connectivity index (χ0n) is 18.3. The smallest absolute Gasteiger partial charge is 0.368 e. The summed E-state index contributed by atoms with van der Waals surface area (Å²) in [4.78, 5) is 24.9. The van der Waals surface area contributed by atoms with Gasteiger partial charge in [0.05, 0.1) is 10.9 Å². The molecule has 1 aliphatic heterocycles. The van der Waals surface area contributed by atoms with Gasteiger partial charge in [-0.1, -0.05) is 59.8 Å². The zero-order chi connectivity index (χ0) is 24.3. The largest absolute Gasteiger partial charge is 0.433 e. The Labute approximate surface area is 205 Å². The van der Waals surface area contributed by atoms with Gasteiger partial charge < -0.3 is 9.80 Å². The maximum atomic E-state index is 13.5. The van der Waals surface area contributed by atoms with Gasteiger partial charge in [0.25, 0.3) is 0 Å². The molecule has 1 amide bonds. The number of nitrogens with zero attached hydrogens (tertiary/aromatic N) is 4. The van der Waals surface area contributed by atoms with Crippen LogP contribution in [0.25, 0.3) is 11.3 Å². The molecule has 0 N–H and O–H groups in total. The van der Waals surface area contributed by atoms with E-state index in [2.05, 4.69) is 14.9 Å². The molecule has 4 rings (SSSR count). The van der Waals surface area contributed by atoms with Crippen molar-refractivity contribution in [3.63, 3.8) is 0 Å². The van der Waals surface area contributed by atoms with Gasteiger partial charge in [0, 0.05) is 42.5 Å². The van der Waals surface area contributed by atoms with Gasteiger partial charge >= 0.3 is 6.18 Å². The summed E-state index contributed by atoms with van der Waals surface area (Å²) in [6, 6.07) is 17.1. The Balaban J connectivity index is 1.46. The SMILES string of the molecule is C[C@@H](Sc1nc(-c2ccccc2)cc(C(F)(F)F)n1)C(=O)N1CCN(c2cccc(Cl)c2)CC1. The van der Waals surface area contributed by atoms with Crippen molar-refractivity contribution in [1.29, 1.82) is 0 Å². The predicted molar refractivity (Wildman–Crippen MR) is 128 cm³/mol. The van der Waals surface area contributed by atoms with Gasteiger partial charge in [0.1, 0.15) is 5.69 Å². The first kappa shape index (κ1) is 24.3. The zero-order valence-corrected chi connectivity index (χ0v) is 19.9. The lowest BCUT2D eigenvalue weighted by Gasteiger charge is -2.37. The van der Waals surface area contributed by atoms with E-state index in [0.29, 0.717) is 36.8 Å². The van der Waals surface area contributed by atoms with Crippen LogP contribution in [0.1, 0.15) is 12.6 Å². The van der Waals surface area contributed by atoms with E-state index in [1.807, 2.05) is 24.3 Å². The lowest BCUT2D eigenvalue weighted by molar-refractivity contribution is -0.141. The molecule has 3 aromatic rings. The van der Waals surface area contributed by atoms with E-state index in [1.165, 1.54) is 0 Å². The van der Waals surface area contributed by atoms with Crippen LogP contribution in [0.15, 0.2) is 65.8 Å². The van der Waals surface area contributed by atoms with Gasteiger partial charge in [-0.2, -0.15) is 13.2 Å². The molecule has 2 aromatic carbocycles. The van der Waals surface area contributed by atoms with Crippen LogP contribution in [0.2, 0.25) is 5.02 Å². The van der Waals surface area contributed by atoms with Crippen molar-refractivity contribution in [2.24, 2.45) is 0 Å². The fourth-order valence-electron chi connectivity index (χ4n) is 3.70. The second kappa shape index (κ2) is 10.2. The maximum absolute atomic E-state index is 13.5. The maximum Gasteiger partial charge on any atom is 0.433 e. The molecule has 178 valence electrons. The summed E-state index contributed by atoms with van der Waals surface area (Å²) in [6.07, 6.45) is -4.62. The highest BCUT2D eigenvalue weighted by Crippen LogP contribution is 2.33. The number of halogens is 4. The van der Waals surface area contributed by atoms with E-state index in [9.17, 15) is 18.0 Å².